The van der Waals surface area contributed by atoms with Crippen molar-refractivity contribution < 1.29 is 0 Å². The maximum atomic E-state index is 4.91. The summed E-state index contributed by atoms with van der Waals surface area (Å²) in [5.41, 5.74) is 2.15. The van der Waals surface area contributed by atoms with Crippen LogP contribution in [-0.2, 0) is 0 Å². The van der Waals surface area contributed by atoms with Crippen LogP contribution < -0.4 is 0 Å². The molecule has 1 aromatic carbocycles. The van der Waals surface area contributed by atoms with Gasteiger partial charge < -0.3 is 0 Å². The van der Waals surface area contributed by atoms with E-state index in [0.717, 1.165) is 20.4 Å². The molecule has 1 nitrogen and oxygen atoms in total. The highest BCUT2D eigenvalue weighted by Gasteiger charge is 2.40. The fourth-order valence-electron chi connectivity index (χ4n) is 2.25. The Hall–Kier alpha value is 0.160. The molecule has 1 atom stereocenters. The predicted octanol–water partition coefficient (Wildman–Crippen LogP) is 6.59. The van der Waals surface area contributed by atoms with Crippen LogP contribution in [0.15, 0.2) is 54.1 Å². The third-order valence-electron chi connectivity index (χ3n) is 3.43. The lowest BCUT2D eigenvalue weighted by Gasteiger charge is -2.36. The van der Waals surface area contributed by atoms with Crippen molar-refractivity contribution in [2.24, 2.45) is 10.9 Å². The minimum Gasteiger partial charge on any atom is -0.249 e. The first kappa shape index (κ1) is 15.1. The van der Waals surface area contributed by atoms with Crippen LogP contribution in [0.2, 0.25) is 0 Å². The number of allylic oxidation sites excluding steroid dienone is 4. The number of hydrogen-bond donors (Lipinski definition) is 0. The van der Waals surface area contributed by atoms with Gasteiger partial charge in [-0.05, 0) is 36.3 Å². The van der Waals surface area contributed by atoms with Gasteiger partial charge in [-0.15, -0.1) is 0 Å². The van der Waals surface area contributed by atoms with Gasteiger partial charge in [0.05, 0.1) is 15.7 Å². The molecular weight excluding hydrogens is 466 g/mol. The minimum atomic E-state index is -0.215. The van der Waals surface area contributed by atoms with Crippen molar-refractivity contribution in [2.45, 2.75) is 23.1 Å². The average molecular weight is 478 g/mol. The Kier molecular flexibility index (Phi) is 4.08. The summed E-state index contributed by atoms with van der Waals surface area (Å²) >= 11 is 12.8. The molecule has 0 spiro atoms. The topological polar surface area (TPSA) is 12.4 Å². The van der Waals surface area contributed by atoms with E-state index >= 15 is 0 Å². The van der Waals surface area contributed by atoms with E-state index in [0.29, 0.717) is 5.92 Å². The number of aliphatic imine (C=N–C) groups is 1. The molecule has 5 heteroatoms. The van der Waals surface area contributed by atoms with Gasteiger partial charge >= 0.3 is 0 Å². The SMILES string of the molecule is CC(C)C1(Br)C=C(Br)C=C2Sc3cc(Br)ccc3N=C21. The minimum absolute atomic E-state index is 0.215. The third-order valence-corrected chi connectivity index (χ3v) is 6.98. The first-order valence-electron chi connectivity index (χ1n) is 6.26. The predicted molar refractivity (Wildman–Crippen MR) is 98.7 cm³/mol. The zero-order valence-corrected chi connectivity index (χ0v) is 16.5. The van der Waals surface area contributed by atoms with Crippen molar-refractivity contribution in [1.82, 2.24) is 0 Å². The monoisotopic (exact) mass is 475 g/mol. The molecule has 0 radical (unpaired) electrons. The second-order valence-corrected chi connectivity index (χ2v) is 9.36. The largest absolute Gasteiger partial charge is 0.249 e. The smallest absolute Gasteiger partial charge is 0.0905 e. The number of fused-ring (bicyclic) bond motifs is 2. The van der Waals surface area contributed by atoms with Crippen LogP contribution in [0.1, 0.15) is 13.8 Å². The summed E-state index contributed by atoms with van der Waals surface area (Å²) in [7, 11) is 0. The van der Waals surface area contributed by atoms with Crippen molar-refractivity contribution in [3.05, 3.63) is 44.2 Å². The van der Waals surface area contributed by atoms with Gasteiger partial charge in [-0.1, -0.05) is 73.4 Å². The van der Waals surface area contributed by atoms with Crippen LogP contribution in [0.25, 0.3) is 0 Å². The van der Waals surface area contributed by atoms with E-state index in [2.05, 4.69) is 85.9 Å². The summed E-state index contributed by atoms with van der Waals surface area (Å²) in [6, 6.07) is 6.23. The molecule has 1 unspecified atom stereocenters. The average Bonchev–Trinajstić information content (AvgIpc) is 2.36. The van der Waals surface area contributed by atoms with E-state index in [1.807, 2.05) is 6.07 Å². The Morgan fingerprint density at radius 3 is 2.70 bits per heavy atom. The number of hydrogen-bond acceptors (Lipinski definition) is 2. The lowest BCUT2D eigenvalue weighted by molar-refractivity contribution is 0.622. The van der Waals surface area contributed by atoms with E-state index in [-0.39, 0.29) is 4.32 Å². The first-order chi connectivity index (χ1) is 9.40. The van der Waals surface area contributed by atoms with Crippen LogP contribution in [-0.4, -0.2) is 10.0 Å². The van der Waals surface area contributed by atoms with Crippen LogP contribution in [0, 0.1) is 5.92 Å². The summed E-state index contributed by atoms with van der Waals surface area (Å²) in [6.07, 6.45) is 4.35. The summed E-state index contributed by atoms with van der Waals surface area (Å²) in [5, 5.41) is 0. The molecule has 20 heavy (non-hydrogen) atoms. The molecule has 3 rings (SSSR count). The summed E-state index contributed by atoms with van der Waals surface area (Å²) in [6.45, 7) is 4.41. The lowest BCUT2D eigenvalue weighted by Crippen LogP contribution is -2.38. The van der Waals surface area contributed by atoms with Crippen LogP contribution in [0.3, 0.4) is 0 Å². The molecule has 0 N–H and O–H groups in total. The molecule has 0 saturated carbocycles. The second kappa shape index (κ2) is 5.41. The summed E-state index contributed by atoms with van der Waals surface area (Å²) in [5.74, 6) is 0.412. The first-order valence-corrected chi connectivity index (χ1v) is 9.45. The summed E-state index contributed by atoms with van der Waals surface area (Å²) < 4.78 is 1.97. The Morgan fingerprint density at radius 1 is 1.25 bits per heavy atom. The number of thioether (sulfide) groups is 1. The van der Waals surface area contributed by atoms with Gasteiger partial charge in [0.15, 0.2) is 0 Å². The number of nitrogens with zero attached hydrogens (tertiary/aromatic N) is 1. The third kappa shape index (κ3) is 2.51. The van der Waals surface area contributed by atoms with Gasteiger partial charge in [-0.25, -0.2) is 4.99 Å². The molecule has 1 heterocycles. The molecule has 1 aromatic rings. The fourth-order valence-corrected chi connectivity index (χ4v) is 5.63. The number of benzene rings is 1. The van der Waals surface area contributed by atoms with Crippen molar-refractivity contribution in [3.8, 4) is 0 Å². The van der Waals surface area contributed by atoms with Crippen molar-refractivity contribution in [2.75, 3.05) is 0 Å². The zero-order chi connectivity index (χ0) is 14.5. The molecule has 0 aromatic heterocycles. The van der Waals surface area contributed by atoms with E-state index in [1.54, 1.807) is 11.8 Å². The zero-order valence-electron chi connectivity index (χ0n) is 11.0. The quantitative estimate of drug-likeness (QED) is 0.415. The van der Waals surface area contributed by atoms with Gasteiger partial charge in [0.1, 0.15) is 0 Å². The Bertz CT molecular complexity index is 676. The summed E-state index contributed by atoms with van der Waals surface area (Å²) in [4.78, 5) is 7.31. The van der Waals surface area contributed by atoms with E-state index in [1.165, 1.54) is 9.80 Å². The van der Waals surface area contributed by atoms with E-state index in [4.69, 9.17) is 4.99 Å². The number of alkyl halides is 1. The Balaban J connectivity index is 2.19. The van der Waals surface area contributed by atoms with E-state index < -0.39 is 0 Å². The van der Waals surface area contributed by atoms with Gasteiger partial charge in [0, 0.05) is 18.8 Å². The van der Waals surface area contributed by atoms with Crippen molar-refractivity contribution >= 4 is 71.0 Å². The highest BCUT2D eigenvalue weighted by atomic mass is 79.9. The van der Waals surface area contributed by atoms with Crippen molar-refractivity contribution in [3.63, 3.8) is 0 Å². The van der Waals surface area contributed by atoms with Crippen LogP contribution in [0.4, 0.5) is 5.69 Å². The van der Waals surface area contributed by atoms with Gasteiger partial charge in [0.2, 0.25) is 0 Å². The van der Waals surface area contributed by atoms with E-state index in [9.17, 15) is 0 Å². The maximum Gasteiger partial charge on any atom is 0.0905 e. The Morgan fingerprint density at radius 2 is 2.00 bits per heavy atom. The Labute approximate surface area is 148 Å². The fraction of sp³-hybridized carbons (Fsp3) is 0.267. The lowest BCUT2D eigenvalue weighted by atomic mass is 9.87. The van der Waals surface area contributed by atoms with Gasteiger partial charge in [-0.2, -0.15) is 0 Å². The highest BCUT2D eigenvalue weighted by molar-refractivity contribution is 9.12. The molecule has 104 valence electrons. The van der Waals surface area contributed by atoms with Crippen LogP contribution in [0.5, 0.6) is 0 Å². The second-order valence-electron chi connectivity index (χ2n) is 5.14. The van der Waals surface area contributed by atoms with Crippen LogP contribution >= 0.6 is 59.6 Å². The molecule has 1 aliphatic heterocycles. The maximum absolute atomic E-state index is 4.91. The van der Waals surface area contributed by atoms with Gasteiger partial charge in [-0.3, -0.25) is 0 Å². The molecule has 0 saturated heterocycles. The molecule has 0 fully saturated rings. The normalized spacial score (nSPS) is 24.6. The standard InChI is InChI=1S/C15H12Br3NS/c1-8(2)15(18)7-10(17)6-13-14(15)19-11-4-3-9(16)5-12(11)20-13/h3-8H,1-2H3. The molecule has 1 aliphatic carbocycles. The van der Waals surface area contributed by atoms with Gasteiger partial charge in [0.25, 0.3) is 0 Å². The molecular formula is C15H12Br3NS. The number of rotatable bonds is 1. The van der Waals surface area contributed by atoms with Crippen molar-refractivity contribution in [1.29, 1.82) is 0 Å². The molecule has 2 aliphatic rings. The number of halogens is 3. The molecule has 0 amide bonds. The molecule has 0 bridgehead atoms. The highest BCUT2D eigenvalue weighted by Crippen LogP contribution is 2.50.